The van der Waals surface area contributed by atoms with Crippen LogP contribution in [0.25, 0.3) is 11.1 Å². The van der Waals surface area contributed by atoms with Crippen molar-refractivity contribution < 1.29 is 9.53 Å². The number of halogens is 4. The van der Waals surface area contributed by atoms with Crippen LogP contribution in [0.15, 0.2) is 139 Å². The zero-order valence-corrected chi connectivity index (χ0v) is 33.1. The predicted molar refractivity (Wildman–Crippen MR) is 213 cm³/mol. The number of hydrogen-bond donors (Lipinski definition) is 0. The molecule has 1 aliphatic rings. The number of esters is 1. The molecule has 0 amide bonds. The van der Waals surface area contributed by atoms with Gasteiger partial charge in [-0.05, 0) is 134 Å². The Morgan fingerprint density at radius 1 is 0.542 bits per heavy atom. The Morgan fingerprint density at radius 3 is 1.31 bits per heavy atom. The highest BCUT2D eigenvalue weighted by atomic mass is 79.9. The molecule has 48 heavy (non-hydrogen) atoms. The van der Waals surface area contributed by atoms with Gasteiger partial charge in [0.15, 0.2) is 5.60 Å². The van der Waals surface area contributed by atoms with E-state index in [2.05, 4.69) is 158 Å². The third kappa shape index (κ3) is 6.60. The summed E-state index contributed by atoms with van der Waals surface area (Å²) in [4.78, 5) is 18.2. The predicted octanol–water partition coefficient (Wildman–Crippen LogP) is 11.5. The zero-order valence-electron chi connectivity index (χ0n) is 26.8. The van der Waals surface area contributed by atoms with E-state index in [-0.39, 0.29) is 0 Å². The van der Waals surface area contributed by atoms with E-state index in [1.165, 1.54) is 0 Å². The molecule has 4 nitrogen and oxygen atoms in total. The van der Waals surface area contributed by atoms with Gasteiger partial charge in [-0.2, -0.15) is 0 Å². The maximum Gasteiger partial charge on any atom is 0.341 e. The molecule has 0 aliphatic carbocycles. The number of fused-ring (bicyclic) bond motifs is 1. The average molecular weight is 892 g/mol. The van der Waals surface area contributed by atoms with Gasteiger partial charge in [0.05, 0.1) is 5.56 Å². The summed E-state index contributed by atoms with van der Waals surface area (Å²) < 4.78 is 9.48. The summed E-state index contributed by atoms with van der Waals surface area (Å²) in [7, 11) is 8.11. The molecule has 0 saturated heterocycles. The first-order valence-corrected chi connectivity index (χ1v) is 18.4. The monoisotopic (exact) mass is 888 g/mol. The Kier molecular flexibility index (Phi) is 10.2. The fourth-order valence-electron chi connectivity index (χ4n) is 5.90. The lowest BCUT2D eigenvalue weighted by molar-refractivity contribution is 0.0298. The van der Waals surface area contributed by atoms with Gasteiger partial charge < -0.3 is 14.5 Å². The van der Waals surface area contributed by atoms with Crippen molar-refractivity contribution in [3.8, 4) is 0 Å². The van der Waals surface area contributed by atoms with Crippen LogP contribution in [0.1, 0.15) is 38.2 Å². The quantitative estimate of drug-likeness (QED) is 0.0883. The Morgan fingerprint density at radius 2 is 0.917 bits per heavy atom. The van der Waals surface area contributed by atoms with Crippen LogP contribution in [-0.4, -0.2) is 34.2 Å². The third-order valence-corrected chi connectivity index (χ3v) is 13.2. The maximum absolute atomic E-state index is 14.1. The van der Waals surface area contributed by atoms with Gasteiger partial charge >= 0.3 is 5.97 Å². The third-order valence-electron chi connectivity index (χ3n) is 8.40. The molecular formula is C40H32Br4N2O2. The average Bonchev–Trinajstić information content (AvgIpc) is 3.39. The molecule has 0 spiro atoms. The van der Waals surface area contributed by atoms with E-state index in [1.54, 1.807) is 0 Å². The van der Waals surface area contributed by atoms with Gasteiger partial charge in [-0.25, -0.2) is 4.79 Å². The second kappa shape index (κ2) is 14.2. The van der Waals surface area contributed by atoms with E-state index in [1.807, 2.05) is 64.6 Å². The van der Waals surface area contributed by atoms with Crippen molar-refractivity contribution in [2.24, 2.45) is 0 Å². The Labute approximate surface area is 315 Å². The van der Waals surface area contributed by atoms with Gasteiger partial charge in [-0.3, -0.25) is 0 Å². The van der Waals surface area contributed by atoms with Crippen LogP contribution in [0.3, 0.4) is 0 Å². The minimum atomic E-state index is -1.33. The molecule has 5 aromatic rings. The normalized spacial score (nSPS) is 16.0. The lowest BCUT2D eigenvalue weighted by atomic mass is 9.83. The van der Waals surface area contributed by atoms with Crippen molar-refractivity contribution in [3.05, 3.63) is 173 Å². The molecule has 0 saturated carbocycles. The Bertz CT molecular complexity index is 1930. The van der Waals surface area contributed by atoms with Crippen molar-refractivity contribution in [2.45, 2.75) is 5.60 Å². The molecule has 0 atom stereocenters. The summed E-state index contributed by atoms with van der Waals surface area (Å²) >= 11 is 15.0. The lowest BCUT2D eigenvalue weighted by Gasteiger charge is -2.28. The largest absolute Gasteiger partial charge is 0.442 e. The van der Waals surface area contributed by atoms with Crippen LogP contribution in [0.5, 0.6) is 0 Å². The number of benzene rings is 5. The molecule has 5 aromatic carbocycles. The summed E-state index contributed by atoms with van der Waals surface area (Å²) in [6, 6.07) is 37.3. The highest BCUT2D eigenvalue weighted by molar-refractivity contribution is 9.15. The number of ether oxygens (including phenoxy) is 1. The first-order chi connectivity index (χ1) is 23.0. The first kappa shape index (κ1) is 34.4. The summed E-state index contributed by atoms with van der Waals surface area (Å²) in [5.74, 6) is -0.427. The number of carbonyl (C=O) groups is 1. The van der Waals surface area contributed by atoms with Crippen molar-refractivity contribution in [1.82, 2.24) is 0 Å². The molecule has 6 rings (SSSR count). The molecule has 1 aliphatic heterocycles. The second-order valence-corrected chi connectivity index (χ2v) is 15.1. The van der Waals surface area contributed by atoms with Gasteiger partial charge in [0, 0.05) is 63.0 Å². The van der Waals surface area contributed by atoms with E-state index in [9.17, 15) is 4.79 Å². The molecule has 0 N–H and O–H groups in total. The van der Waals surface area contributed by atoms with Crippen LogP contribution in [0.2, 0.25) is 0 Å². The van der Waals surface area contributed by atoms with Crippen LogP contribution in [0, 0.1) is 0 Å². The lowest BCUT2D eigenvalue weighted by Crippen LogP contribution is -2.23. The Hall–Kier alpha value is -3.43. The van der Waals surface area contributed by atoms with Crippen molar-refractivity contribution in [1.29, 1.82) is 0 Å². The molecule has 242 valence electrons. The van der Waals surface area contributed by atoms with Gasteiger partial charge in [-0.1, -0.05) is 84.9 Å². The van der Waals surface area contributed by atoms with Crippen LogP contribution < -0.4 is 9.80 Å². The number of cyclic esters (lactones) is 1. The summed E-state index contributed by atoms with van der Waals surface area (Å²) in [6.45, 7) is 0. The molecule has 1 heterocycles. The fraction of sp³-hybridized carbons (Fsp3) is 0.125. The van der Waals surface area contributed by atoms with Crippen molar-refractivity contribution >= 4 is 92.2 Å². The van der Waals surface area contributed by atoms with E-state index in [0.29, 0.717) is 15.6 Å². The van der Waals surface area contributed by atoms with E-state index in [0.717, 1.165) is 58.2 Å². The topological polar surface area (TPSA) is 32.8 Å². The molecule has 0 unspecified atom stereocenters. The number of carbonyl (C=O) groups excluding carboxylic acids is 1. The standard InChI is InChI=1S/C40H32Br4N2O2/c1-45(2)29-19-15-27(16-20-29)31(25-11-7-5-8-12-25)23-40(34-33(39(47)48-40)35(41)37(43)38(44)36(34)42)24-32(26-13-9-6-10-14-26)28-17-21-30(22-18-28)46(3)4/h5-24H,1-4H3. The molecule has 0 radical (unpaired) electrons. The number of nitrogens with zero attached hydrogens (tertiary/aromatic N) is 2. The van der Waals surface area contributed by atoms with E-state index in [4.69, 9.17) is 4.74 Å². The van der Waals surface area contributed by atoms with Crippen molar-refractivity contribution in [3.63, 3.8) is 0 Å². The number of rotatable bonds is 8. The maximum atomic E-state index is 14.1. The Balaban J connectivity index is 1.73. The molecule has 0 fully saturated rings. The summed E-state index contributed by atoms with van der Waals surface area (Å²) in [5.41, 5.74) is 7.84. The molecule has 0 bridgehead atoms. The van der Waals surface area contributed by atoms with E-state index < -0.39 is 11.6 Å². The number of anilines is 2. The summed E-state index contributed by atoms with van der Waals surface area (Å²) in [5, 5.41) is 0. The van der Waals surface area contributed by atoms with Crippen LogP contribution in [-0.2, 0) is 10.3 Å². The van der Waals surface area contributed by atoms with Gasteiger partial charge in [-0.15, -0.1) is 0 Å². The zero-order chi connectivity index (χ0) is 34.2. The SMILES string of the molecule is CN(C)c1ccc(C(=CC2(C=C(c3ccccc3)c3ccc(N(C)C)cc3)OC(=O)c3c(Br)c(Br)c(Br)c(Br)c32)c2ccccc2)cc1. The van der Waals surface area contributed by atoms with Gasteiger partial charge in [0.2, 0.25) is 0 Å². The highest BCUT2D eigenvalue weighted by Gasteiger charge is 2.48. The minimum Gasteiger partial charge on any atom is -0.442 e. The fourth-order valence-corrected chi connectivity index (χ4v) is 8.49. The minimum absolute atomic E-state index is 0.427. The highest BCUT2D eigenvalue weighted by Crippen LogP contribution is 2.53. The number of hydrogen-bond acceptors (Lipinski definition) is 4. The molecular weight excluding hydrogens is 860 g/mol. The van der Waals surface area contributed by atoms with E-state index >= 15 is 0 Å². The van der Waals surface area contributed by atoms with Crippen LogP contribution in [0.4, 0.5) is 11.4 Å². The first-order valence-electron chi connectivity index (χ1n) is 15.2. The van der Waals surface area contributed by atoms with Gasteiger partial charge in [0.25, 0.3) is 0 Å². The van der Waals surface area contributed by atoms with Crippen LogP contribution >= 0.6 is 63.7 Å². The summed E-state index contributed by atoms with van der Waals surface area (Å²) in [6.07, 6.45) is 4.18. The van der Waals surface area contributed by atoms with Crippen molar-refractivity contribution in [2.75, 3.05) is 38.0 Å². The van der Waals surface area contributed by atoms with Gasteiger partial charge in [0.1, 0.15) is 0 Å². The molecule has 8 heteroatoms. The molecule has 0 aromatic heterocycles. The second-order valence-electron chi connectivity index (χ2n) is 11.9. The smallest absolute Gasteiger partial charge is 0.341 e.